The van der Waals surface area contributed by atoms with Crippen LogP contribution in [0.3, 0.4) is 0 Å². The Labute approximate surface area is 141 Å². The van der Waals surface area contributed by atoms with E-state index >= 15 is 0 Å². The summed E-state index contributed by atoms with van der Waals surface area (Å²) < 4.78 is 6.95. The summed E-state index contributed by atoms with van der Waals surface area (Å²) in [7, 11) is 0. The summed E-state index contributed by atoms with van der Waals surface area (Å²) >= 11 is 0. The van der Waals surface area contributed by atoms with Crippen molar-refractivity contribution in [2.75, 3.05) is 13.1 Å². The van der Waals surface area contributed by atoms with E-state index in [2.05, 4.69) is 16.8 Å². The number of aryl methyl sites for hydroxylation is 1. The van der Waals surface area contributed by atoms with Crippen LogP contribution in [0.4, 0.5) is 0 Å². The molecule has 0 saturated carbocycles. The molecule has 0 spiro atoms. The second-order valence-electron chi connectivity index (χ2n) is 6.22. The standard InChI is InChI=1S/C18H23N3O3/c1-3-20-9-5-4-8-15(20)18(23)24-12-14-11-16(22)21-10-6-7-13(2)17(21)19-14/h6-7,10-11,15H,3-5,8-9,12H2,1-2H3/t15-/m0/s1. The number of aromatic nitrogens is 2. The molecule has 0 amide bonds. The molecule has 1 fully saturated rings. The maximum absolute atomic E-state index is 12.4. The number of carbonyl (C=O) groups excluding carboxylic acids is 1. The van der Waals surface area contributed by atoms with Gasteiger partial charge in [-0.2, -0.15) is 0 Å². The number of hydrogen-bond acceptors (Lipinski definition) is 5. The van der Waals surface area contributed by atoms with Crippen LogP contribution in [-0.2, 0) is 16.1 Å². The Morgan fingerprint density at radius 1 is 1.42 bits per heavy atom. The van der Waals surface area contributed by atoms with Gasteiger partial charge in [-0.25, -0.2) is 4.98 Å². The highest BCUT2D eigenvalue weighted by Crippen LogP contribution is 2.18. The van der Waals surface area contributed by atoms with E-state index in [1.54, 1.807) is 6.20 Å². The summed E-state index contributed by atoms with van der Waals surface area (Å²) in [5.74, 6) is -0.219. The Hall–Kier alpha value is -2.21. The number of piperidine rings is 1. The van der Waals surface area contributed by atoms with Gasteiger partial charge in [-0.15, -0.1) is 0 Å². The van der Waals surface area contributed by atoms with Gasteiger partial charge in [0.1, 0.15) is 18.3 Å². The van der Waals surface area contributed by atoms with Gasteiger partial charge in [0.2, 0.25) is 0 Å². The molecule has 1 saturated heterocycles. The summed E-state index contributed by atoms with van der Waals surface area (Å²) in [6, 6.07) is 4.97. The maximum atomic E-state index is 12.4. The van der Waals surface area contributed by atoms with Gasteiger partial charge in [-0.05, 0) is 44.5 Å². The summed E-state index contributed by atoms with van der Waals surface area (Å²) in [5, 5.41) is 0. The number of esters is 1. The fourth-order valence-electron chi connectivity index (χ4n) is 3.26. The molecule has 0 radical (unpaired) electrons. The fraction of sp³-hybridized carbons (Fsp3) is 0.500. The van der Waals surface area contributed by atoms with Crippen LogP contribution in [0.2, 0.25) is 0 Å². The third kappa shape index (κ3) is 3.33. The van der Waals surface area contributed by atoms with Crippen LogP contribution in [0.1, 0.15) is 37.4 Å². The Bertz CT molecular complexity index is 800. The monoisotopic (exact) mass is 329 g/mol. The number of fused-ring (bicyclic) bond motifs is 1. The van der Waals surface area contributed by atoms with Gasteiger partial charge in [-0.1, -0.05) is 19.4 Å². The number of carbonyl (C=O) groups is 1. The first-order chi connectivity index (χ1) is 11.6. The van der Waals surface area contributed by atoms with Gasteiger partial charge in [0.25, 0.3) is 5.56 Å². The molecule has 3 heterocycles. The molecule has 0 N–H and O–H groups in total. The van der Waals surface area contributed by atoms with Gasteiger partial charge >= 0.3 is 5.97 Å². The lowest BCUT2D eigenvalue weighted by molar-refractivity contribution is -0.152. The van der Waals surface area contributed by atoms with Crippen molar-refractivity contribution in [1.29, 1.82) is 0 Å². The Balaban J connectivity index is 1.74. The SMILES string of the molecule is CCN1CCCC[C@H]1C(=O)OCc1cc(=O)n2cccc(C)c2n1. The first kappa shape index (κ1) is 16.6. The molecule has 2 aromatic heterocycles. The van der Waals surface area contributed by atoms with E-state index in [9.17, 15) is 9.59 Å². The molecule has 1 aliphatic rings. The van der Waals surface area contributed by atoms with Crippen LogP contribution in [0.15, 0.2) is 29.2 Å². The Morgan fingerprint density at radius 2 is 2.25 bits per heavy atom. The van der Waals surface area contributed by atoms with Crippen LogP contribution < -0.4 is 5.56 Å². The predicted octanol–water partition coefficient (Wildman–Crippen LogP) is 1.92. The van der Waals surface area contributed by atoms with Crippen molar-refractivity contribution in [3.63, 3.8) is 0 Å². The van der Waals surface area contributed by atoms with Crippen LogP contribution in [0, 0.1) is 6.92 Å². The van der Waals surface area contributed by atoms with E-state index in [1.165, 1.54) is 10.5 Å². The van der Waals surface area contributed by atoms with Crippen molar-refractivity contribution < 1.29 is 9.53 Å². The molecule has 0 aliphatic carbocycles. The zero-order chi connectivity index (χ0) is 17.1. The fourth-order valence-corrected chi connectivity index (χ4v) is 3.26. The number of rotatable bonds is 4. The molecule has 1 aliphatic heterocycles. The van der Waals surface area contributed by atoms with Crippen molar-refractivity contribution >= 4 is 11.6 Å². The van der Waals surface area contributed by atoms with Crippen molar-refractivity contribution in [1.82, 2.24) is 14.3 Å². The minimum Gasteiger partial charge on any atom is -0.458 e. The highest BCUT2D eigenvalue weighted by molar-refractivity contribution is 5.75. The Kier molecular flexibility index (Phi) is 4.94. The van der Waals surface area contributed by atoms with Crippen molar-refractivity contribution in [2.24, 2.45) is 0 Å². The molecule has 128 valence electrons. The number of ether oxygens (including phenoxy) is 1. The van der Waals surface area contributed by atoms with Gasteiger partial charge in [0.15, 0.2) is 0 Å². The van der Waals surface area contributed by atoms with Gasteiger partial charge < -0.3 is 4.74 Å². The molecule has 0 aromatic carbocycles. The van der Waals surface area contributed by atoms with Crippen LogP contribution >= 0.6 is 0 Å². The number of hydrogen-bond donors (Lipinski definition) is 0. The van der Waals surface area contributed by atoms with E-state index < -0.39 is 0 Å². The van der Waals surface area contributed by atoms with E-state index in [4.69, 9.17) is 4.74 Å². The van der Waals surface area contributed by atoms with Crippen LogP contribution in [0.5, 0.6) is 0 Å². The first-order valence-corrected chi connectivity index (χ1v) is 8.48. The number of likely N-dealkylation sites (N-methyl/N-ethyl adjacent to an activating group) is 1. The summed E-state index contributed by atoms with van der Waals surface area (Å²) in [6.07, 6.45) is 4.69. The molecule has 1 atom stereocenters. The number of pyridine rings is 1. The topological polar surface area (TPSA) is 63.9 Å². The van der Waals surface area contributed by atoms with Gasteiger partial charge in [-0.3, -0.25) is 18.9 Å². The summed E-state index contributed by atoms with van der Waals surface area (Å²) in [5.41, 5.74) is 1.83. The molecular weight excluding hydrogens is 306 g/mol. The number of nitrogens with zero attached hydrogens (tertiary/aromatic N) is 3. The van der Waals surface area contributed by atoms with Crippen LogP contribution in [0.25, 0.3) is 5.65 Å². The van der Waals surface area contributed by atoms with E-state index in [0.717, 1.165) is 37.9 Å². The second kappa shape index (κ2) is 7.13. The lowest BCUT2D eigenvalue weighted by Gasteiger charge is -2.32. The third-order valence-electron chi connectivity index (χ3n) is 4.59. The zero-order valence-electron chi connectivity index (χ0n) is 14.2. The summed E-state index contributed by atoms with van der Waals surface area (Å²) in [4.78, 5) is 31.2. The molecule has 6 heteroatoms. The smallest absolute Gasteiger partial charge is 0.323 e. The molecule has 3 rings (SSSR count). The molecule has 0 unspecified atom stereocenters. The minimum atomic E-state index is -0.219. The molecule has 24 heavy (non-hydrogen) atoms. The summed E-state index contributed by atoms with van der Waals surface area (Å²) in [6.45, 7) is 5.77. The molecular formula is C18H23N3O3. The van der Waals surface area contributed by atoms with Crippen molar-refractivity contribution in [3.05, 3.63) is 46.0 Å². The highest BCUT2D eigenvalue weighted by Gasteiger charge is 2.28. The van der Waals surface area contributed by atoms with Gasteiger partial charge in [0, 0.05) is 12.3 Å². The second-order valence-corrected chi connectivity index (χ2v) is 6.22. The highest BCUT2D eigenvalue weighted by atomic mass is 16.5. The van der Waals surface area contributed by atoms with Gasteiger partial charge in [0.05, 0.1) is 5.69 Å². The average molecular weight is 329 g/mol. The largest absolute Gasteiger partial charge is 0.458 e. The minimum absolute atomic E-state index is 0.0347. The number of likely N-dealkylation sites (tertiary alicyclic amines) is 1. The first-order valence-electron chi connectivity index (χ1n) is 8.48. The zero-order valence-corrected chi connectivity index (χ0v) is 14.2. The van der Waals surface area contributed by atoms with E-state index in [1.807, 2.05) is 19.1 Å². The third-order valence-corrected chi connectivity index (χ3v) is 4.59. The maximum Gasteiger partial charge on any atom is 0.323 e. The quantitative estimate of drug-likeness (QED) is 0.802. The average Bonchev–Trinajstić information content (AvgIpc) is 2.60. The van der Waals surface area contributed by atoms with E-state index in [-0.39, 0.29) is 24.2 Å². The lowest BCUT2D eigenvalue weighted by atomic mass is 10.0. The molecule has 6 nitrogen and oxygen atoms in total. The molecule has 2 aromatic rings. The van der Waals surface area contributed by atoms with E-state index in [0.29, 0.717) is 11.3 Å². The normalized spacial score (nSPS) is 18.7. The lowest BCUT2D eigenvalue weighted by Crippen LogP contribution is -2.45. The Morgan fingerprint density at radius 3 is 3.04 bits per heavy atom. The van der Waals surface area contributed by atoms with Crippen molar-refractivity contribution in [3.8, 4) is 0 Å². The van der Waals surface area contributed by atoms with Crippen LogP contribution in [-0.4, -0.2) is 39.4 Å². The predicted molar refractivity (Wildman–Crippen MR) is 90.9 cm³/mol. The van der Waals surface area contributed by atoms with Crippen molar-refractivity contribution in [2.45, 2.75) is 45.8 Å². The molecule has 0 bridgehead atoms.